The highest BCUT2D eigenvalue weighted by Crippen LogP contribution is 2.27. The van der Waals surface area contributed by atoms with Crippen molar-refractivity contribution < 1.29 is 18.0 Å². The molecule has 1 amide bonds. The molecule has 0 saturated carbocycles. The van der Waals surface area contributed by atoms with E-state index in [-0.39, 0.29) is 6.54 Å². The number of carbonyl (C=O) groups is 1. The second-order valence-electron chi connectivity index (χ2n) is 6.48. The molecule has 2 aromatic carbocycles. The monoisotopic (exact) mass is 399 g/mol. The van der Waals surface area contributed by atoms with Gasteiger partial charge in [-0.05, 0) is 22.4 Å². The van der Waals surface area contributed by atoms with E-state index in [0.717, 1.165) is 33.3 Å². The van der Waals surface area contributed by atoms with Crippen molar-refractivity contribution in [3.05, 3.63) is 78.2 Å². The van der Waals surface area contributed by atoms with Crippen molar-refractivity contribution in [2.45, 2.75) is 19.3 Å². The molecule has 0 bridgehead atoms. The number of halogens is 3. The van der Waals surface area contributed by atoms with Crippen LogP contribution in [0.5, 0.6) is 0 Å². The summed E-state index contributed by atoms with van der Waals surface area (Å²) in [6.07, 6.45) is -1.70. The van der Waals surface area contributed by atoms with E-state index in [1.807, 2.05) is 42.5 Å². The number of hydrogen-bond donors (Lipinski definition) is 1. The summed E-state index contributed by atoms with van der Waals surface area (Å²) in [4.78, 5) is 12.1. The fourth-order valence-corrected chi connectivity index (χ4v) is 3.05. The molecule has 6 nitrogen and oxygen atoms in total. The van der Waals surface area contributed by atoms with Crippen LogP contribution in [0, 0.1) is 0 Å². The minimum Gasteiger partial charge on any atom is -0.308 e. The Labute approximate surface area is 163 Å². The normalized spacial score (nSPS) is 11.7. The standard InChI is InChI=1S/C20H16F3N5O/c21-20(22,23)17-8-10-28(25-17)13-19(29)24-18-9-11-27(26-18)12-15-6-3-5-14-4-1-2-7-16(14)15/h1-11H,12-13H2,(H,24,26,29). The van der Waals surface area contributed by atoms with Crippen LogP contribution in [-0.4, -0.2) is 25.5 Å². The molecule has 0 spiro atoms. The van der Waals surface area contributed by atoms with Crippen LogP contribution in [0.1, 0.15) is 11.3 Å². The molecule has 0 atom stereocenters. The van der Waals surface area contributed by atoms with E-state index >= 15 is 0 Å². The zero-order valence-corrected chi connectivity index (χ0v) is 15.1. The molecule has 0 radical (unpaired) electrons. The van der Waals surface area contributed by atoms with Crippen LogP contribution in [-0.2, 0) is 24.1 Å². The highest BCUT2D eigenvalue weighted by molar-refractivity contribution is 5.89. The third-order valence-electron chi connectivity index (χ3n) is 4.36. The predicted octanol–water partition coefficient (Wildman–Crippen LogP) is 3.94. The van der Waals surface area contributed by atoms with Crippen LogP contribution >= 0.6 is 0 Å². The maximum absolute atomic E-state index is 12.6. The molecule has 0 aliphatic carbocycles. The Morgan fingerprint density at radius 3 is 2.48 bits per heavy atom. The number of anilines is 1. The number of nitrogens with one attached hydrogen (secondary N) is 1. The van der Waals surface area contributed by atoms with Crippen molar-refractivity contribution in [3.63, 3.8) is 0 Å². The maximum atomic E-state index is 12.6. The Bertz CT molecular complexity index is 1160. The second-order valence-corrected chi connectivity index (χ2v) is 6.48. The molecule has 148 valence electrons. The van der Waals surface area contributed by atoms with E-state index in [9.17, 15) is 18.0 Å². The summed E-state index contributed by atoms with van der Waals surface area (Å²) in [5.41, 5.74) is 0.0463. The van der Waals surface area contributed by atoms with Crippen LogP contribution in [0.25, 0.3) is 10.8 Å². The average Bonchev–Trinajstić information content (AvgIpc) is 3.31. The lowest BCUT2D eigenvalue weighted by Gasteiger charge is -2.07. The van der Waals surface area contributed by atoms with Crippen molar-refractivity contribution in [3.8, 4) is 0 Å². The number of fused-ring (bicyclic) bond motifs is 1. The molecule has 0 fully saturated rings. The zero-order chi connectivity index (χ0) is 20.4. The number of benzene rings is 2. The number of aromatic nitrogens is 4. The molecule has 2 aromatic heterocycles. The van der Waals surface area contributed by atoms with Crippen molar-refractivity contribution in [1.29, 1.82) is 0 Å². The van der Waals surface area contributed by atoms with Gasteiger partial charge in [-0.15, -0.1) is 0 Å². The summed E-state index contributed by atoms with van der Waals surface area (Å²) in [5.74, 6) is -0.198. The zero-order valence-electron chi connectivity index (χ0n) is 15.1. The quantitative estimate of drug-likeness (QED) is 0.553. The van der Waals surface area contributed by atoms with Gasteiger partial charge in [0.2, 0.25) is 5.91 Å². The lowest BCUT2D eigenvalue weighted by molar-refractivity contribution is -0.141. The van der Waals surface area contributed by atoms with Gasteiger partial charge in [0.05, 0.1) is 6.54 Å². The molecule has 0 unspecified atom stereocenters. The van der Waals surface area contributed by atoms with Crippen LogP contribution in [0.2, 0.25) is 0 Å². The van der Waals surface area contributed by atoms with Crippen LogP contribution in [0.3, 0.4) is 0 Å². The van der Waals surface area contributed by atoms with Gasteiger partial charge in [0.1, 0.15) is 6.54 Å². The fourth-order valence-electron chi connectivity index (χ4n) is 3.05. The lowest BCUT2D eigenvalue weighted by atomic mass is 10.0. The van der Waals surface area contributed by atoms with Crippen molar-refractivity contribution in [1.82, 2.24) is 19.6 Å². The highest BCUT2D eigenvalue weighted by Gasteiger charge is 2.33. The first-order valence-corrected chi connectivity index (χ1v) is 8.79. The Morgan fingerprint density at radius 2 is 1.69 bits per heavy atom. The summed E-state index contributed by atoms with van der Waals surface area (Å²) in [5, 5.41) is 12.5. The molecule has 2 heterocycles. The number of carbonyl (C=O) groups excluding carboxylic acids is 1. The van der Waals surface area contributed by atoms with Crippen molar-refractivity contribution in [2.24, 2.45) is 0 Å². The van der Waals surface area contributed by atoms with Gasteiger partial charge in [-0.1, -0.05) is 42.5 Å². The number of rotatable bonds is 5. The smallest absolute Gasteiger partial charge is 0.308 e. The van der Waals surface area contributed by atoms with Crippen LogP contribution < -0.4 is 5.32 Å². The largest absolute Gasteiger partial charge is 0.435 e. The van der Waals surface area contributed by atoms with E-state index in [1.54, 1.807) is 16.9 Å². The summed E-state index contributed by atoms with van der Waals surface area (Å²) in [7, 11) is 0. The van der Waals surface area contributed by atoms with Gasteiger partial charge in [0, 0.05) is 18.5 Å². The first-order valence-electron chi connectivity index (χ1n) is 8.79. The maximum Gasteiger partial charge on any atom is 0.435 e. The molecule has 29 heavy (non-hydrogen) atoms. The van der Waals surface area contributed by atoms with Gasteiger partial charge in [0.15, 0.2) is 11.5 Å². The van der Waals surface area contributed by atoms with Crippen molar-refractivity contribution >= 4 is 22.5 Å². The third-order valence-corrected chi connectivity index (χ3v) is 4.36. The first-order chi connectivity index (χ1) is 13.9. The molecule has 4 rings (SSSR count). The third kappa shape index (κ3) is 4.29. The Balaban J connectivity index is 1.41. The second kappa shape index (κ2) is 7.42. The SMILES string of the molecule is O=C(Cn1ccc(C(F)(F)F)n1)Nc1ccn(Cc2cccc3ccccc23)n1. The lowest BCUT2D eigenvalue weighted by Crippen LogP contribution is -2.20. The molecular weight excluding hydrogens is 383 g/mol. The summed E-state index contributed by atoms with van der Waals surface area (Å²) < 4.78 is 40.3. The molecule has 1 N–H and O–H groups in total. The first kappa shape index (κ1) is 18.7. The number of amides is 1. The Morgan fingerprint density at radius 1 is 0.931 bits per heavy atom. The van der Waals surface area contributed by atoms with Gasteiger partial charge in [0.25, 0.3) is 0 Å². The molecule has 9 heteroatoms. The topological polar surface area (TPSA) is 64.7 Å². The summed E-state index contributed by atoms with van der Waals surface area (Å²) >= 11 is 0. The van der Waals surface area contributed by atoms with E-state index in [4.69, 9.17) is 0 Å². The summed E-state index contributed by atoms with van der Waals surface area (Å²) in [6, 6.07) is 16.5. The summed E-state index contributed by atoms with van der Waals surface area (Å²) in [6.45, 7) is 0.178. The predicted molar refractivity (Wildman–Crippen MR) is 101 cm³/mol. The van der Waals surface area contributed by atoms with Crippen LogP contribution in [0.4, 0.5) is 19.0 Å². The van der Waals surface area contributed by atoms with Crippen LogP contribution in [0.15, 0.2) is 67.0 Å². The Kier molecular flexibility index (Phi) is 4.79. The number of hydrogen-bond acceptors (Lipinski definition) is 3. The average molecular weight is 399 g/mol. The van der Waals surface area contributed by atoms with E-state index in [2.05, 4.69) is 15.5 Å². The molecule has 4 aromatic rings. The molecular formula is C20H16F3N5O. The van der Waals surface area contributed by atoms with E-state index in [1.165, 1.54) is 0 Å². The van der Waals surface area contributed by atoms with Gasteiger partial charge < -0.3 is 5.32 Å². The van der Waals surface area contributed by atoms with Gasteiger partial charge >= 0.3 is 6.18 Å². The van der Waals surface area contributed by atoms with Gasteiger partial charge in [-0.2, -0.15) is 23.4 Å². The molecule has 0 aliphatic rings. The minimum atomic E-state index is -4.54. The number of nitrogens with zero attached hydrogens (tertiary/aromatic N) is 4. The van der Waals surface area contributed by atoms with Gasteiger partial charge in [-0.3, -0.25) is 14.2 Å². The molecule has 0 saturated heterocycles. The number of alkyl halides is 3. The minimum absolute atomic E-state index is 0.318. The van der Waals surface area contributed by atoms with E-state index in [0.29, 0.717) is 12.4 Å². The molecule has 0 aliphatic heterocycles. The van der Waals surface area contributed by atoms with Crippen molar-refractivity contribution in [2.75, 3.05) is 5.32 Å². The fraction of sp³-hybridized carbons (Fsp3) is 0.150. The van der Waals surface area contributed by atoms with Gasteiger partial charge in [-0.25, -0.2) is 0 Å². The Hall–Kier alpha value is -3.62. The highest BCUT2D eigenvalue weighted by atomic mass is 19.4. The van der Waals surface area contributed by atoms with E-state index < -0.39 is 17.8 Å².